The number of hydrogen-bond donors (Lipinski definition) is 1. The van der Waals surface area contributed by atoms with Crippen LogP contribution in [-0.4, -0.2) is 35.8 Å². The van der Waals surface area contributed by atoms with E-state index in [-0.39, 0.29) is 17.9 Å². The summed E-state index contributed by atoms with van der Waals surface area (Å²) in [7, 11) is 0. The zero-order valence-corrected chi connectivity index (χ0v) is 10.3. The van der Waals surface area contributed by atoms with Crippen molar-refractivity contribution in [1.29, 1.82) is 0 Å². The van der Waals surface area contributed by atoms with Gasteiger partial charge in [-0.15, -0.1) is 0 Å². The van der Waals surface area contributed by atoms with Gasteiger partial charge in [-0.3, -0.25) is 9.59 Å². The molecule has 0 bridgehead atoms. The predicted molar refractivity (Wildman–Crippen MR) is 66.5 cm³/mol. The highest BCUT2D eigenvalue weighted by Crippen LogP contribution is 2.10. The van der Waals surface area contributed by atoms with E-state index >= 15 is 0 Å². The smallest absolute Gasteiger partial charge is 0.247 e. The number of amides is 2. The van der Waals surface area contributed by atoms with Gasteiger partial charge < -0.3 is 14.6 Å². The number of carbonyl (C=O) groups is 2. The van der Waals surface area contributed by atoms with E-state index in [0.29, 0.717) is 25.3 Å². The minimum atomic E-state index is -0.368. The van der Waals surface area contributed by atoms with Crippen molar-refractivity contribution in [2.75, 3.05) is 13.1 Å². The Labute approximate surface area is 105 Å². The van der Waals surface area contributed by atoms with E-state index in [1.54, 1.807) is 29.4 Å². The van der Waals surface area contributed by atoms with Gasteiger partial charge in [0.2, 0.25) is 11.8 Å². The van der Waals surface area contributed by atoms with Gasteiger partial charge in [-0.25, -0.2) is 0 Å². The Morgan fingerprint density at radius 1 is 1.67 bits per heavy atom. The minimum absolute atomic E-state index is 0.0801. The normalized spacial score (nSPS) is 20.2. The van der Waals surface area contributed by atoms with Gasteiger partial charge in [0, 0.05) is 19.2 Å². The third kappa shape index (κ3) is 2.61. The van der Waals surface area contributed by atoms with E-state index in [0.717, 1.165) is 0 Å². The molecule has 18 heavy (non-hydrogen) atoms. The molecule has 0 spiro atoms. The zero-order chi connectivity index (χ0) is 13.0. The van der Waals surface area contributed by atoms with Crippen LogP contribution in [0.4, 0.5) is 0 Å². The summed E-state index contributed by atoms with van der Waals surface area (Å²) in [6, 6.07) is 3.16. The summed E-state index contributed by atoms with van der Waals surface area (Å²) in [5.41, 5.74) is 0. The Morgan fingerprint density at radius 2 is 2.50 bits per heavy atom. The van der Waals surface area contributed by atoms with Gasteiger partial charge >= 0.3 is 0 Å². The maximum atomic E-state index is 12.0. The Morgan fingerprint density at radius 3 is 3.17 bits per heavy atom. The van der Waals surface area contributed by atoms with Gasteiger partial charge in [0.25, 0.3) is 0 Å². The van der Waals surface area contributed by atoms with E-state index in [9.17, 15) is 9.59 Å². The summed E-state index contributed by atoms with van der Waals surface area (Å²) in [5.74, 6) is 0.384. The summed E-state index contributed by atoms with van der Waals surface area (Å²) < 4.78 is 5.11. The summed E-state index contributed by atoms with van der Waals surface area (Å²) in [5, 5.41) is 2.76. The lowest BCUT2D eigenvalue weighted by atomic mass is 10.1. The molecule has 0 unspecified atom stereocenters. The van der Waals surface area contributed by atoms with Crippen LogP contribution in [0.5, 0.6) is 0 Å². The lowest BCUT2D eigenvalue weighted by Crippen LogP contribution is -2.56. The van der Waals surface area contributed by atoms with Crippen LogP contribution in [0.2, 0.25) is 0 Å². The van der Waals surface area contributed by atoms with Crippen LogP contribution >= 0.6 is 0 Å². The van der Waals surface area contributed by atoms with Gasteiger partial charge in [-0.05, 0) is 24.6 Å². The highest BCUT2D eigenvalue weighted by molar-refractivity contribution is 5.96. The first kappa shape index (κ1) is 12.4. The van der Waals surface area contributed by atoms with Crippen LogP contribution in [0.25, 0.3) is 6.08 Å². The van der Waals surface area contributed by atoms with Crippen molar-refractivity contribution < 1.29 is 14.0 Å². The molecule has 0 saturated carbocycles. The lowest BCUT2D eigenvalue weighted by Gasteiger charge is -2.33. The van der Waals surface area contributed by atoms with E-state index in [1.165, 1.54) is 6.08 Å². The molecule has 1 N–H and O–H groups in total. The Bertz CT molecular complexity index is 451. The van der Waals surface area contributed by atoms with Crippen molar-refractivity contribution in [3.8, 4) is 0 Å². The number of nitrogens with one attached hydrogen (secondary N) is 1. The third-order valence-electron chi connectivity index (χ3n) is 2.93. The molecular weight excluding hydrogens is 232 g/mol. The number of hydrogen-bond acceptors (Lipinski definition) is 3. The maximum Gasteiger partial charge on any atom is 0.247 e. The van der Waals surface area contributed by atoms with Crippen LogP contribution in [0.15, 0.2) is 28.9 Å². The standard InChI is InChI=1S/C13H16N2O3/c1-2-11-13(17)14-7-8-15(11)12(16)6-5-10-4-3-9-18-10/h3-6,9,11H,2,7-8H2,1H3,(H,14,17)/b6-5-/t11-/m1/s1. The molecule has 5 nitrogen and oxygen atoms in total. The Balaban J connectivity index is 2.05. The van der Waals surface area contributed by atoms with Gasteiger partial charge in [0.1, 0.15) is 11.8 Å². The van der Waals surface area contributed by atoms with Gasteiger partial charge in [0.05, 0.1) is 6.26 Å². The summed E-state index contributed by atoms with van der Waals surface area (Å²) in [6.07, 6.45) is 5.22. The zero-order valence-electron chi connectivity index (χ0n) is 10.3. The number of carbonyl (C=O) groups excluding carboxylic acids is 2. The molecular formula is C13H16N2O3. The molecule has 0 aromatic carbocycles. The van der Waals surface area contributed by atoms with E-state index in [1.807, 2.05) is 6.92 Å². The second kappa shape index (κ2) is 5.53. The second-order valence-corrected chi connectivity index (χ2v) is 4.10. The fraction of sp³-hybridized carbons (Fsp3) is 0.385. The summed E-state index contributed by atoms with van der Waals surface area (Å²) in [4.78, 5) is 25.2. The van der Waals surface area contributed by atoms with Crippen LogP contribution < -0.4 is 5.32 Å². The topological polar surface area (TPSA) is 62.6 Å². The van der Waals surface area contributed by atoms with Gasteiger partial charge in [-0.1, -0.05) is 6.92 Å². The Kier molecular flexibility index (Phi) is 3.82. The molecule has 96 valence electrons. The van der Waals surface area contributed by atoms with Crippen LogP contribution in [0.3, 0.4) is 0 Å². The number of rotatable bonds is 3. The molecule has 1 aromatic rings. The molecule has 5 heteroatoms. The van der Waals surface area contributed by atoms with Crippen molar-refractivity contribution >= 4 is 17.9 Å². The van der Waals surface area contributed by atoms with Crippen molar-refractivity contribution in [1.82, 2.24) is 10.2 Å². The number of piperazine rings is 1. The molecule has 2 rings (SSSR count). The van der Waals surface area contributed by atoms with E-state index in [4.69, 9.17) is 4.42 Å². The Hall–Kier alpha value is -2.04. The first-order valence-electron chi connectivity index (χ1n) is 6.02. The van der Waals surface area contributed by atoms with Crippen LogP contribution in [-0.2, 0) is 9.59 Å². The minimum Gasteiger partial charge on any atom is -0.465 e. The second-order valence-electron chi connectivity index (χ2n) is 4.10. The van der Waals surface area contributed by atoms with Crippen molar-refractivity contribution in [2.24, 2.45) is 0 Å². The molecule has 2 heterocycles. The maximum absolute atomic E-state index is 12.0. The average Bonchev–Trinajstić information content (AvgIpc) is 2.88. The molecule has 0 radical (unpaired) electrons. The largest absolute Gasteiger partial charge is 0.465 e. The van der Waals surface area contributed by atoms with Gasteiger partial charge in [0.15, 0.2) is 0 Å². The number of furan rings is 1. The molecule has 0 aliphatic carbocycles. The van der Waals surface area contributed by atoms with Crippen LogP contribution in [0.1, 0.15) is 19.1 Å². The average molecular weight is 248 g/mol. The summed E-state index contributed by atoms with van der Waals surface area (Å²) in [6.45, 7) is 2.95. The summed E-state index contributed by atoms with van der Waals surface area (Å²) >= 11 is 0. The van der Waals surface area contributed by atoms with Crippen molar-refractivity contribution in [3.05, 3.63) is 30.2 Å². The SMILES string of the molecule is CC[C@@H]1C(=O)NCCN1C(=O)/C=C\c1ccco1. The van der Waals surface area contributed by atoms with E-state index in [2.05, 4.69) is 5.32 Å². The quantitative estimate of drug-likeness (QED) is 0.813. The molecule has 2 amide bonds. The van der Waals surface area contributed by atoms with E-state index < -0.39 is 0 Å². The monoisotopic (exact) mass is 248 g/mol. The van der Waals surface area contributed by atoms with Crippen molar-refractivity contribution in [3.63, 3.8) is 0 Å². The highest BCUT2D eigenvalue weighted by Gasteiger charge is 2.30. The molecule has 1 atom stereocenters. The fourth-order valence-corrected chi connectivity index (χ4v) is 2.02. The fourth-order valence-electron chi connectivity index (χ4n) is 2.02. The van der Waals surface area contributed by atoms with Gasteiger partial charge in [-0.2, -0.15) is 0 Å². The van der Waals surface area contributed by atoms with Crippen LogP contribution in [0, 0.1) is 0 Å². The molecule has 1 saturated heterocycles. The van der Waals surface area contributed by atoms with Crippen molar-refractivity contribution in [2.45, 2.75) is 19.4 Å². The lowest BCUT2D eigenvalue weighted by molar-refractivity contribution is -0.140. The first-order chi connectivity index (χ1) is 8.72. The molecule has 1 aromatic heterocycles. The highest BCUT2D eigenvalue weighted by atomic mass is 16.3. The predicted octanol–water partition coefficient (Wildman–Crippen LogP) is 1.03. The number of nitrogens with zero attached hydrogens (tertiary/aromatic N) is 1. The molecule has 1 aliphatic rings. The first-order valence-corrected chi connectivity index (χ1v) is 6.02. The third-order valence-corrected chi connectivity index (χ3v) is 2.93. The molecule has 1 fully saturated rings. The molecule has 1 aliphatic heterocycles.